The molecule has 0 N–H and O–H groups in total. The minimum atomic E-state index is -4.28. The smallest absolute Gasteiger partial charge is 0.211 e. The van der Waals surface area contributed by atoms with E-state index in [4.69, 9.17) is 19.9 Å². The van der Waals surface area contributed by atoms with Gasteiger partial charge in [0.25, 0.3) is 0 Å². The molecule has 2 aromatic heterocycles. The van der Waals surface area contributed by atoms with Gasteiger partial charge in [-0.05, 0) is 120 Å². The zero-order valence-electron chi connectivity index (χ0n) is 45.2. The number of fused-ring (bicyclic) bond motifs is 9. The number of nitrogens with zero attached hydrogens (tertiary/aromatic N) is 10. The van der Waals surface area contributed by atoms with Crippen LogP contribution in [0.5, 0.6) is 0 Å². The molecule has 10 aromatic rings. The average molecular weight is 1100 g/mol. The van der Waals surface area contributed by atoms with Crippen LogP contribution in [0.15, 0.2) is 209 Å². The number of hydrogen-bond donors (Lipinski definition) is 0. The first-order chi connectivity index (χ1) is 40.8. The van der Waals surface area contributed by atoms with Crippen LogP contribution in [-0.2, 0) is 9.84 Å². The molecule has 0 unspecified atom stereocenters. The van der Waals surface area contributed by atoms with Gasteiger partial charge in [0.1, 0.15) is 34.3 Å². The molecule has 0 bridgehead atoms. The first-order valence-corrected chi connectivity index (χ1v) is 30.0. The predicted molar refractivity (Wildman–Crippen MR) is 328 cm³/mol. The SMILES string of the molecule is N#CC(C#N)=C/C=C1/N(c2cccc3ccccc23)c2nc3ccc4c(-c5ccc6c(c5)S(=O)(=O)/C(=C/C=C5N(C7CCCCC7)c7nc8ccccc8nc7N5C5CCCCC5)C6=O)cccc4c3nc2N1c1cccc2ccccc12. The lowest BCUT2D eigenvalue weighted by molar-refractivity contribution is 0.104. The van der Waals surface area contributed by atoms with Gasteiger partial charge in [-0.25, -0.2) is 28.4 Å². The normalized spacial score (nSPS) is 17.9. The molecular weight excluding hydrogens is 1050 g/mol. The number of benzene rings is 8. The van der Waals surface area contributed by atoms with Crippen LogP contribution in [0.2, 0.25) is 0 Å². The molecule has 3 aliphatic heterocycles. The van der Waals surface area contributed by atoms with Crippen molar-refractivity contribution in [2.24, 2.45) is 0 Å². The number of para-hydroxylation sites is 2. The van der Waals surface area contributed by atoms with Crippen molar-refractivity contribution in [2.75, 3.05) is 19.6 Å². The van der Waals surface area contributed by atoms with E-state index in [1.165, 1.54) is 25.0 Å². The number of hydrogen-bond acceptors (Lipinski definition) is 13. The van der Waals surface area contributed by atoms with E-state index in [1.807, 2.05) is 137 Å². The largest absolute Gasteiger partial charge is 0.306 e. The lowest BCUT2D eigenvalue weighted by Crippen LogP contribution is -2.42. The van der Waals surface area contributed by atoms with Crippen molar-refractivity contribution in [1.29, 1.82) is 10.5 Å². The van der Waals surface area contributed by atoms with E-state index in [1.54, 1.807) is 18.2 Å². The number of rotatable bonds is 7. The van der Waals surface area contributed by atoms with E-state index in [9.17, 15) is 15.3 Å². The number of nitriles is 2. The third-order valence-corrected chi connectivity index (χ3v) is 19.1. The summed E-state index contributed by atoms with van der Waals surface area (Å²) in [4.78, 5) is 44.5. The summed E-state index contributed by atoms with van der Waals surface area (Å²) in [5.41, 5.74) is 5.94. The zero-order chi connectivity index (χ0) is 55.9. The van der Waals surface area contributed by atoms with E-state index in [2.05, 4.69) is 46.2 Å². The first kappa shape index (κ1) is 50.0. The maximum Gasteiger partial charge on any atom is 0.211 e. The monoisotopic (exact) mass is 1100 g/mol. The second-order valence-corrected chi connectivity index (χ2v) is 23.9. The molecule has 0 radical (unpaired) electrons. The Morgan fingerprint density at radius 1 is 0.494 bits per heavy atom. The van der Waals surface area contributed by atoms with Crippen molar-refractivity contribution in [3.8, 4) is 23.3 Å². The standard InChI is InChI=1S/C69H52N10O3S/c70-41-43(42-71)32-38-63-78(58-30-13-18-44-16-7-9-24-50(44)58)68-69(79(63)59-31-14-19-45-17-8-10-25-51(45)59)75-64-53-27-15-26-49(52(53)35-36-57(64)74-68)46-33-34-54-61(40-46)83(81,82)60(65(54)80)37-39-62-76(47-20-3-1-4-21-47)66-67(77(62)48-22-5-2-6-23-48)73-56-29-12-11-28-55(56)72-66/h7-19,24-40,47-48H,1-6,20-23H2/b60-37+,63-38-. The van der Waals surface area contributed by atoms with Crippen molar-refractivity contribution in [3.05, 3.63) is 210 Å². The predicted octanol–water partition coefficient (Wildman–Crippen LogP) is 15.5. The molecule has 13 nitrogen and oxygen atoms in total. The number of carbonyl (C=O) groups is 1. The Balaban J connectivity index is 0.862. The van der Waals surface area contributed by atoms with E-state index in [0.29, 0.717) is 34.1 Å². The minimum absolute atomic E-state index is 0.0267. The van der Waals surface area contributed by atoms with Crippen LogP contribution in [-0.4, -0.2) is 46.2 Å². The number of allylic oxidation sites excluding steroid dienone is 6. The molecule has 5 heterocycles. The summed E-state index contributed by atoms with van der Waals surface area (Å²) in [7, 11) is -4.28. The number of ketones is 1. The van der Waals surface area contributed by atoms with Crippen LogP contribution >= 0.6 is 0 Å². The van der Waals surface area contributed by atoms with Gasteiger partial charge in [0.2, 0.25) is 15.6 Å². The molecule has 2 aliphatic carbocycles. The molecule has 8 aromatic carbocycles. The summed E-state index contributed by atoms with van der Waals surface area (Å²) in [6.45, 7) is 0. The first-order valence-electron chi connectivity index (χ1n) is 28.5. The summed E-state index contributed by atoms with van der Waals surface area (Å²) in [5, 5.41) is 25.5. The van der Waals surface area contributed by atoms with Crippen molar-refractivity contribution in [2.45, 2.75) is 81.2 Å². The lowest BCUT2D eigenvalue weighted by Gasteiger charge is -2.37. The van der Waals surface area contributed by atoms with Crippen LogP contribution < -0.4 is 19.6 Å². The Hall–Kier alpha value is -10.0. The molecular formula is C69H52N10O3S. The van der Waals surface area contributed by atoms with Crippen LogP contribution in [0.4, 0.5) is 34.6 Å². The molecule has 402 valence electrons. The van der Waals surface area contributed by atoms with Crippen molar-refractivity contribution >= 4 is 105 Å². The molecule has 2 fully saturated rings. The number of anilines is 6. The van der Waals surface area contributed by atoms with Crippen LogP contribution in [0, 0.1) is 22.7 Å². The Morgan fingerprint density at radius 2 is 1.04 bits per heavy atom. The zero-order valence-corrected chi connectivity index (χ0v) is 46.0. The van der Waals surface area contributed by atoms with Gasteiger partial charge in [0, 0.05) is 33.8 Å². The van der Waals surface area contributed by atoms with Crippen LogP contribution in [0.25, 0.3) is 65.5 Å². The van der Waals surface area contributed by atoms with Crippen LogP contribution in [0.1, 0.15) is 74.6 Å². The van der Waals surface area contributed by atoms with Gasteiger partial charge in [-0.1, -0.05) is 154 Å². The molecule has 2 saturated carbocycles. The summed E-state index contributed by atoms with van der Waals surface area (Å²) >= 11 is 0. The van der Waals surface area contributed by atoms with Gasteiger partial charge < -0.3 is 9.80 Å². The number of Topliss-reactive ketones (excluding diaryl/α,β-unsaturated/α-hetero) is 1. The Kier molecular flexibility index (Phi) is 12.0. The van der Waals surface area contributed by atoms with Gasteiger partial charge >= 0.3 is 0 Å². The fraction of sp³-hybridized carbons (Fsp3) is 0.174. The van der Waals surface area contributed by atoms with Gasteiger partial charge in [0.05, 0.1) is 38.3 Å². The molecule has 0 spiro atoms. The highest BCUT2D eigenvalue weighted by Gasteiger charge is 2.44. The highest BCUT2D eigenvalue weighted by molar-refractivity contribution is 7.97. The third kappa shape index (κ3) is 8.07. The molecule has 14 heteroatoms. The quantitative estimate of drug-likeness (QED) is 0.0842. The van der Waals surface area contributed by atoms with Gasteiger partial charge in [-0.2, -0.15) is 10.5 Å². The maximum atomic E-state index is 15.0. The molecule has 0 amide bonds. The van der Waals surface area contributed by atoms with Crippen molar-refractivity contribution in [3.63, 3.8) is 0 Å². The summed E-state index contributed by atoms with van der Waals surface area (Å²) < 4.78 is 30.0. The fourth-order valence-corrected chi connectivity index (χ4v) is 15.0. The second-order valence-electron chi connectivity index (χ2n) is 22.0. The lowest BCUT2D eigenvalue weighted by atomic mass is 9.93. The molecule has 5 aliphatic rings. The molecule has 83 heavy (non-hydrogen) atoms. The maximum absolute atomic E-state index is 15.0. The molecule has 0 atom stereocenters. The van der Waals surface area contributed by atoms with Crippen molar-refractivity contribution < 1.29 is 13.2 Å². The molecule has 15 rings (SSSR count). The van der Waals surface area contributed by atoms with E-state index in [0.717, 1.165) is 129 Å². The molecule has 0 saturated heterocycles. The highest BCUT2D eigenvalue weighted by Crippen LogP contribution is 2.53. The topological polar surface area (TPSA) is 163 Å². The number of aromatic nitrogens is 4. The minimum Gasteiger partial charge on any atom is -0.306 e. The number of carbonyl (C=O) groups excluding carboxylic acids is 1. The fourth-order valence-electron chi connectivity index (χ4n) is 13.4. The van der Waals surface area contributed by atoms with E-state index < -0.39 is 15.6 Å². The summed E-state index contributed by atoms with van der Waals surface area (Å²) in [6.07, 6.45) is 17.3. The number of sulfone groups is 1. The Labute approximate surface area is 479 Å². The van der Waals surface area contributed by atoms with Gasteiger partial charge in [-0.3, -0.25) is 14.6 Å². The third-order valence-electron chi connectivity index (χ3n) is 17.3. The van der Waals surface area contributed by atoms with Crippen molar-refractivity contribution in [1.82, 2.24) is 19.9 Å². The van der Waals surface area contributed by atoms with E-state index in [-0.39, 0.29) is 33.0 Å². The highest BCUT2D eigenvalue weighted by atomic mass is 32.2. The van der Waals surface area contributed by atoms with Crippen LogP contribution in [0.3, 0.4) is 0 Å². The van der Waals surface area contributed by atoms with Gasteiger partial charge in [-0.15, -0.1) is 0 Å². The average Bonchev–Trinajstić information content (AvgIpc) is 2.62. The Morgan fingerprint density at radius 3 is 1.65 bits per heavy atom. The Bertz CT molecular complexity index is 4680. The second kappa shape index (κ2) is 19.9. The van der Waals surface area contributed by atoms with E-state index >= 15 is 8.42 Å². The van der Waals surface area contributed by atoms with Gasteiger partial charge in [0.15, 0.2) is 23.3 Å². The summed E-state index contributed by atoms with van der Waals surface area (Å²) in [6, 6.07) is 55.7. The summed E-state index contributed by atoms with van der Waals surface area (Å²) in [5.74, 6) is 3.56.